The van der Waals surface area contributed by atoms with Gasteiger partial charge >= 0.3 is 5.51 Å². The number of carbonyl (C=O) groups excluding carboxylic acids is 1. The number of alkyl halides is 3. The highest BCUT2D eigenvalue weighted by molar-refractivity contribution is 8.00. The van der Waals surface area contributed by atoms with Gasteiger partial charge < -0.3 is 5.32 Å². The molecule has 96 valence electrons. The summed E-state index contributed by atoms with van der Waals surface area (Å²) in [5.41, 5.74) is -5.28. The Morgan fingerprint density at radius 2 is 2.00 bits per heavy atom. The normalized spacial score (nSPS) is 18.7. The van der Waals surface area contributed by atoms with Gasteiger partial charge in [0.25, 0.3) is 0 Å². The quantitative estimate of drug-likeness (QED) is 0.795. The minimum atomic E-state index is -4.27. The van der Waals surface area contributed by atoms with Crippen LogP contribution in [-0.4, -0.2) is 23.7 Å². The zero-order valence-corrected chi connectivity index (χ0v) is 9.96. The predicted octanol–water partition coefficient (Wildman–Crippen LogP) is 2.44. The molecular formula is C10H13F3N2OS. The van der Waals surface area contributed by atoms with Crippen molar-refractivity contribution in [3.63, 3.8) is 0 Å². The van der Waals surface area contributed by atoms with Crippen LogP contribution in [0.1, 0.15) is 25.7 Å². The van der Waals surface area contributed by atoms with E-state index >= 15 is 0 Å². The number of carbonyl (C=O) groups is 1. The lowest BCUT2D eigenvalue weighted by molar-refractivity contribution is -0.127. The van der Waals surface area contributed by atoms with Crippen molar-refractivity contribution in [1.82, 2.24) is 5.32 Å². The summed E-state index contributed by atoms with van der Waals surface area (Å²) in [5.74, 6) is -0.656. The molecule has 0 aromatic heterocycles. The highest BCUT2D eigenvalue weighted by Crippen LogP contribution is 2.37. The van der Waals surface area contributed by atoms with E-state index in [1.54, 1.807) is 0 Å². The fourth-order valence-electron chi connectivity index (χ4n) is 1.87. The van der Waals surface area contributed by atoms with Gasteiger partial charge in [-0.05, 0) is 24.6 Å². The SMILES string of the molecule is N#CC1(C(=O)NCCSC(F)(F)F)CCCC1. The second kappa shape index (κ2) is 5.63. The van der Waals surface area contributed by atoms with E-state index in [0.717, 1.165) is 12.8 Å². The molecule has 17 heavy (non-hydrogen) atoms. The standard InChI is InChI=1S/C10H13F3N2OS/c11-10(12,13)17-6-5-15-8(16)9(7-14)3-1-2-4-9/h1-6H2,(H,15,16). The molecular weight excluding hydrogens is 253 g/mol. The van der Waals surface area contributed by atoms with Crippen LogP contribution in [-0.2, 0) is 4.79 Å². The summed E-state index contributed by atoms with van der Waals surface area (Å²) in [5, 5.41) is 11.4. The van der Waals surface area contributed by atoms with Gasteiger partial charge in [-0.25, -0.2) is 0 Å². The molecule has 0 aromatic carbocycles. The summed E-state index contributed by atoms with van der Waals surface area (Å²) in [6.07, 6.45) is 2.64. The number of nitrogens with zero attached hydrogens (tertiary/aromatic N) is 1. The number of thioether (sulfide) groups is 1. The third-order valence-electron chi connectivity index (χ3n) is 2.76. The number of nitriles is 1. The fourth-order valence-corrected chi connectivity index (χ4v) is 2.30. The largest absolute Gasteiger partial charge is 0.441 e. The second-order valence-corrected chi connectivity index (χ2v) is 5.11. The lowest BCUT2D eigenvalue weighted by atomic mass is 9.87. The molecule has 1 N–H and O–H groups in total. The zero-order valence-electron chi connectivity index (χ0n) is 9.14. The van der Waals surface area contributed by atoms with E-state index in [0.29, 0.717) is 12.8 Å². The monoisotopic (exact) mass is 266 g/mol. The van der Waals surface area contributed by atoms with Crippen LogP contribution < -0.4 is 5.32 Å². The lowest BCUT2D eigenvalue weighted by Crippen LogP contribution is -2.39. The van der Waals surface area contributed by atoms with Gasteiger partial charge in [-0.2, -0.15) is 18.4 Å². The van der Waals surface area contributed by atoms with Gasteiger partial charge in [0.1, 0.15) is 5.41 Å². The molecule has 1 saturated carbocycles. The summed E-state index contributed by atoms with van der Waals surface area (Å²) in [7, 11) is 0. The number of nitrogens with one attached hydrogen (secondary N) is 1. The number of halogens is 3. The summed E-state index contributed by atoms with van der Waals surface area (Å²) in [4.78, 5) is 11.7. The van der Waals surface area contributed by atoms with Crippen LogP contribution in [0.25, 0.3) is 0 Å². The van der Waals surface area contributed by atoms with E-state index in [1.807, 2.05) is 6.07 Å². The van der Waals surface area contributed by atoms with Crippen LogP contribution in [0.4, 0.5) is 13.2 Å². The molecule has 0 aromatic rings. The maximum Gasteiger partial charge on any atom is 0.441 e. The zero-order chi connectivity index (χ0) is 12.9. The number of rotatable bonds is 4. The first-order valence-corrected chi connectivity index (χ1v) is 6.28. The van der Waals surface area contributed by atoms with Gasteiger partial charge in [0, 0.05) is 12.3 Å². The minimum Gasteiger partial charge on any atom is -0.354 e. The predicted molar refractivity (Wildman–Crippen MR) is 58.0 cm³/mol. The first-order valence-electron chi connectivity index (χ1n) is 5.30. The molecule has 0 saturated heterocycles. The number of amides is 1. The van der Waals surface area contributed by atoms with Gasteiger partial charge in [0.05, 0.1) is 6.07 Å². The molecule has 1 amide bonds. The molecule has 1 aliphatic rings. The van der Waals surface area contributed by atoms with E-state index in [2.05, 4.69) is 5.32 Å². The van der Waals surface area contributed by atoms with E-state index < -0.39 is 16.8 Å². The average molecular weight is 266 g/mol. The summed E-state index contributed by atoms with van der Waals surface area (Å²) in [6, 6.07) is 1.99. The molecule has 0 spiro atoms. The van der Waals surface area contributed by atoms with Crippen molar-refractivity contribution in [1.29, 1.82) is 5.26 Å². The summed E-state index contributed by atoms with van der Waals surface area (Å²) in [6.45, 7) is -0.0631. The minimum absolute atomic E-state index is 0.0631. The molecule has 3 nitrogen and oxygen atoms in total. The van der Waals surface area contributed by atoms with Gasteiger partial charge in [-0.3, -0.25) is 4.79 Å². The van der Waals surface area contributed by atoms with Gasteiger partial charge in [0.15, 0.2) is 0 Å². The molecule has 1 fully saturated rings. The Balaban J connectivity index is 2.32. The van der Waals surface area contributed by atoms with Crippen LogP contribution in [0.15, 0.2) is 0 Å². The van der Waals surface area contributed by atoms with E-state index in [4.69, 9.17) is 5.26 Å². The van der Waals surface area contributed by atoms with Crippen LogP contribution in [0.2, 0.25) is 0 Å². The van der Waals surface area contributed by atoms with Crippen LogP contribution >= 0.6 is 11.8 Å². The van der Waals surface area contributed by atoms with Crippen LogP contribution in [0.3, 0.4) is 0 Å². The van der Waals surface area contributed by atoms with E-state index in [9.17, 15) is 18.0 Å². The Hall–Kier alpha value is -0.900. The lowest BCUT2D eigenvalue weighted by Gasteiger charge is -2.19. The molecule has 7 heteroatoms. The smallest absolute Gasteiger partial charge is 0.354 e. The van der Waals surface area contributed by atoms with Crippen molar-refractivity contribution in [2.24, 2.45) is 5.41 Å². The second-order valence-electron chi connectivity index (χ2n) is 3.95. The first-order chi connectivity index (χ1) is 7.90. The highest BCUT2D eigenvalue weighted by Gasteiger charge is 2.41. The third-order valence-corrected chi connectivity index (χ3v) is 3.49. The van der Waals surface area contributed by atoms with Crippen molar-refractivity contribution < 1.29 is 18.0 Å². The summed E-state index contributed by atoms with van der Waals surface area (Å²) >= 11 is -0.173. The fraction of sp³-hybridized carbons (Fsp3) is 0.800. The average Bonchev–Trinajstić information content (AvgIpc) is 2.72. The molecule has 0 atom stereocenters. The maximum atomic E-state index is 11.8. The van der Waals surface area contributed by atoms with Crippen molar-refractivity contribution in [3.05, 3.63) is 0 Å². The van der Waals surface area contributed by atoms with Crippen molar-refractivity contribution in [2.45, 2.75) is 31.2 Å². The molecule has 0 bridgehead atoms. The molecule has 1 rings (SSSR count). The Morgan fingerprint density at radius 1 is 1.41 bits per heavy atom. The van der Waals surface area contributed by atoms with E-state index in [1.165, 1.54) is 0 Å². The van der Waals surface area contributed by atoms with E-state index in [-0.39, 0.29) is 24.1 Å². The number of hydrogen-bond donors (Lipinski definition) is 1. The van der Waals surface area contributed by atoms with Gasteiger partial charge in [0.2, 0.25) is 5.91 Å². The number of hydrogen-bond acceptors (Lipinski definition) is 3. The Labute approximate surface area is 102 Å². The van der Waals surface area contributed by atoms with Crippen molar-refractivity contribution >= 4 is 17.7 Å². The Bertz CT molecular complexity index is 318. The topological polar surface area (TPSA) is 52.9 Å². The molecule has 0 aliphatic heterocycles. The first kappa shape index (κ1) is 14.2. The molecule has 0 unspecified atom stereocenters. The summed E-state index contributed by atoms with van der Waals surface area (Å²) < 4.78 is 35.5. The van der Waals surface area contributed by atoms with Crippen molar-refractivity contribution in [2.75, 3.05) is 12.3 Å². The molecule has 0 radical (unpaired) electrons. The van der Waals surface area contributed by atoms with Crippen LogP contribution in [0.5, 0.6) is 0 Å². The van der Waals surface area contributed by atoms with Crippen molar-refractivity contribution in [3.8, 4) is 6.07 Å². The maximum absolute atomic E-state index is 11.8. The molecule has 1 aliphatic carbocycles. The Morgan fingerprint density at radius 3 is 2.47 bits per heavy atom. The van der Waals surface area contributed by atoms with Gasteiger partial charge in [-0.1, -0.05) is 12.8 Å². The highest BCUT2D eigenvalue weighted by atomic mass is 32.2. The van der Waals surface area contributed by atoms with Gasteiger partial charge in [-0.15, -0.1) is 0 Å². The molecule has 0 heterocycles. The third kappa shape index (κ3) is 4.11. The Kier molecular flexibility index (Phi) is 4.69. The van der Waals surface area contributed by atoms with Crippen LogP contribution in [0, 0.1) is 16.7 Å².